The molecule has 1 fully saturated rings. The molecule has 1 amide bonds. The largest absolute Gasteiger partial charge is 0.354 e. The highest BCUT2D eigenvalue weighted by molar-refractivity contribution is 6.30. The zero-order chi connectivity index (χ0) is 22.2. The second kappa shape index (κ2) is 11.3. The van der Waals surface area contributed by atoms with Crippen LogP contribution in [0.5, 0.6) is 0 Å². The standard InChI is InChI=1S/C23H28ClN3O4/c1-26-23(29)20-12-16(11-19(27-20)10-15-5-4-6-17(24)9-15)21(28)7-2-3-8-22-30-13-18(25)14-31-22/h4-6,9,11-12,18,22H,2-3,7-8,10,13-14,25H2,1H3,(H,26,29). The zero-order valence-electron chi connectivity index (χ0n) is 17.6. The number of benzene rings is 1. The SMILES string of the molecule is CNC(=O)c1cc(C(=O)CCCCC2OCC(N)CO2)cc(Cc2cccc(Cl)c2)n1. The number of carbonyl (C=O) groups is 2. The fourth-order valence-electron chi connectivity index (χ4n) is 3.41. The molecule has 1 aromatic heterocycles. The molecule has 0 unspecified atom stereocenters. The first kappa shape index (κ1) is 23.3. The number of halogens is 1. The van der Waals surface area contributed by atoms with Gasteiger partial charge in [-0.15, -0.1) is 0 Å². The fraction of sp³-hybridized carbons (Fsp3) is 0.435. The molecule has 7 nitrogen and oxygen atoms in total. The number of hydrogen-bond acceptors (Lipinski definition) is 6. The maximum atomic E-state index is 12.8. The van der Waals surface area contributed by atoms with Crippen LogP contribution in [0.2, 0.25) is 5.02 Å². The van der Waals surface area contributed by atoms with Crippen molar-refractivity contribution in [2.45, 2.75) is 44.4 Å². The predicted molar refractivity (Wildman–Crippen MR) is 118 cm³/mol. The zero-order valence-corrected chi connectivity index (χ0v) is 18.4. The molecule has 2 heterocycles. The van der Waals surface area contributed by atoms with Gasteiger partial charge in [-0.05, 0) is 49.1 Å². The van der Waals surface area contributed by atoms with E-state index < -0.39 is 0 Å². The summed E-state index contributed by atoms with van der Waals surface area (Å²) in [5.74, 6) is -0.348. The van der Waals surface area contributed by atoms with Crippen molar-refractivity contribution in [3.05, 3.63) is 63.9 Å². The van der Waals surface area contributed by atoms with Crippen molar-refractivity contribution in [3.8, 4) is 0 Å². The average molecular weight is 446 g/mol. The van der Waals surface area contributed by atoms with E-state index in [2.05, 4.69) is 10.3 Å². The van der Waals surface area contributed by atoms with Crippen molar-refractivity contribution in [3.63, 3.8) is 0 Å². The number of amides is 1. The lowest BCUT2D eigenvalue weighted by atomic mass is 10.0. The lowest BCUT2D eigenvalue weighted by Crippen LogP contribution is -2.41. The first-order valence-electron chi connectivity index (χ1n) is 10.4. The van der Waals surface area contributed by atoms with Gasteiger partial charge in [-0.3, -0.25) is 9.59 Å². The van der Waals surface area contributed by atoms with E-state index in [0.29, 0.717) is 48.8 Å². The van der Waals surface area contributed by atoms with Gasteiger partial charge in [-0.1, -0.05) is 23.7 Å². The fourth-order valence-corrected chi connectivity index (χ4v) is 3.62. The van der Waals surface area contributed by atoms with Crippen LogP contribution in [0.1, 0.15) is 57.8 Å². The van der Waals surface area contributed by atoms with Crippen LogP contribution in [-0.4, -0.2) is 49.3 Å². The number of aromatic nitrogens is 1. The number of nitrogens with one attached hydrogen (secondary N) is 1. The number of Topliss-reactive ketones (excluding diaryl/α,β-unsaturated/α-hetero) is 1. The van der Waals surface area contributed by atoms with Crippen LogP contribution in [-0.2, 0) is 15.9 Å². The molecular weight excluding hydrogens is 418 g/mol. The van der Waals surface area contributed by atoms with E-state index in [1.807, 2.05) is 18.2 Å². The topological polar surface area (TPSA) is 104 Å². The van der Waals surface area contributed by atoms with E-state index in [4.69, 9.17) is 26.8 Å². The second-order valence-electron chi connectivity index (χ2n) is 7.64. The molecule has 0 radical (unpaired) electrons. The summed E-state index contributed by atoms with van der Waals surface area (Å²) in [6, 6.07) is 10.7. The van der Waals surface area contributed by atoms with E-state index >= 15 is 0 Å². The number of hydrogen-bond donors (Lipinski definition) is 2. The van der Waals surface area contributed by atoms with Gasteiger partial charge < -0.3 is 20.5 Å². The molecule has 0 bridgehead atoms. The summed E-state index contributed by atoms with van der Waals surface area (Å²) in [6.07, 6.45) is 2.83. The molecule has 0 spiro atoms. The first-order chi connectivity index (χ1) is 14.9. The molecular formula is C23H28ClN3O4. The molecule has 166 valence electrons. The number of rotatable bonds is 9. The highest BCUT2D eigenvalue weighted by Gasteiger charge is 2.19. The van der Waals surface area contributed by atoms with Crippen LogP contribution in [0.25, 0.3) is 0 Å². The Morgan fingerprint density at radius 3 is 2.68 bits per heavy atom. The maximum absolute atomic E-state index is 12.8. The quantitative estimate of drug-likeness (QED) is 0.454. The summed E-state index contributed by atoms with van der Waals surface area (Å²) < 4.78 is 11.0. The molecule has 1 aliphatic rings. The lowest BCUT2D eigenvalue weighted by Gasteiger charge is -2.27. The molecule has 1 aliphatic heterocycles. The molecule has 8 heteroatoms. The summed E-state index contributed by atoms with van der Waals surface area (Å²) in [5.41, 5.74) is 8.05. The van der Waals surface area contributed by atoms with Gasteiger partial charge in [0.2, 0.25) is 0 Å². The maximum Gasteiger partial charge on any atom is 0.269 e. The number of pyridine rings is 1. The number of nitrogens with two attached hydrogens (primary N) is 1. The molecule has 0 atom stereocenters. The van der Waals surface area contributed by atoms with E-state index in [1.54, 1.807) is 18.2 Å². The van der Waals surface area contributed by atoms with Crippen molar-refractivity contribution in [1.82, 2.24) is 10.3 Å². The van der Waals surface area contributed by atoms with Crippen LogP contribution >= 0.6 is 11.6 Å². The number of nitrogens with zero attached hydrogens (tertiary/aromatic N) is 1. The number of ketones is 1. The summed E-state index contributed by atoms with van der Waals surface area (Å²) in [5, 5.41) is 3.20. The lowest BCUT2D eigenvalue weighted by molar-refractivity contribution is -0.188. The van der Waals surface area contributed by atoms with Crippen LogP contribution < -0.4 is 11.1 Å². The van der Waals surface area contributed by atoms with Crippen LogP contribution in [0, 0.1) is 0 Å². The Labute approximate surface area is 187 Å². The minimum atomic E-state index is -0.327. The van der Waals surface area contributed by atoms with Crippen molar-refractivity contribution < 1.29 is 19.1 Å². The van der Waals surface area contributed by atoms with Gasteiger partial charge in [0.25, 0.3) is 5.91 Å². The minimum absolute atomic E-state index is 0.0209. The monoisotopic (exact) mass is 445 g/mol. The van der Waals surface area contributed by atoms with Crippen molar-refractivity contribution in [2.24, 2.45) is 5.73 Å². The molecule has 3 rings (SSSR count). The van der Waals surface area contributed by atoms with E-state index in [-0.39, 0.29) is 29.7 Å². The van der Waals surface area contributed by atoms with E-state index in [9.17, 15) is 9.59 Å². The summed E-state index contributed by atoms with van der Waals surface area (Å²) in [4.78, 5) is 29.4. The van der Waals surface area contributed by atoms with Crippen LogP contribution in [0.15, 0.2) is 36.4 Å². The Hall–Kier alpha value is -2.32. The molecule has 31 heavy (non-hydrogen) atoms. The minimum Gasteiger partial charge on any atom is -0.354 e. The molecule has 1 saturated heterocycles. The third-order valence-electron chi connectivity index (χ3n) is 5.02. The Morgan fingerprint density at radius 1 is 1.19 bits per heavy atom. The summed E-state index contributed by atoms with van der Waals surface area (Å²) in [6.45, 7) is 0.997. The van der Waals surface area contributed by atoms with E-state index in [1.165, 1.54) is 7.05 Å². The Bertz CT molecular complexity index is 913. The Morgan fingerprint density at radius 2 is 1.97 bits per heavy atom. The normalized spacial score (nSPS) is 18.5. The predicted octanol–water partition coefficient (Wildman–Crippen LogP) is 3.13. The van der Waals surface area contributed by atoms with Crippen molar-refractivity contribution in [1.29, 1.82) is 0 Å². The highest BCUT2D eigenvalue weighted by Crippen LogP contribution is 2.18. The molecule has 2 aromatic rings. The second-order valence-corrected chi connectivity index (χ2v) is 8.08. The van der Waals surface area contributed by atoms with Gasteiger partial charge in [0, 0.05) is 36.2 Å². The smallest absolute Gasteiger partial charge is 0.269 e. The summed E-state index contributed by atoms with van der Waals surface area (Å²) in [7, 11) is 1.54. The van der Waals surface area contributed by atoms with E-state index in [0.717, 1.165) is 18.4 Å². The molecule has 0 aliphatic carbocycles. The van der Waals surface area contributed by atoms with Gasteiger partial charge >= 0.3 is 0 Å². The molecule has 0 saturated carbocycles. The van der Waals surface area contributed by atoms with Crippen molar-refractivity contribution in [2.75, 3.05) is 20.3 Å². The van der Waals surface area contributed by atoms with Gasteiger partial charge in [0.1, 0.15) is 5.69 Å². The average Bonchev–Trinajstić information content (AvgIpc) is 2.77. The highest BCUT2D eigenvalue weighted by atomic mass is 35.5. The number of carbonyl (C=O) groups excluding carboxylic acids is 2. The Balaban J connectivity index is 1.62. The number of ether oxygens (including phenoxy) is 2. The van der Waals surface area contributed by atoms with Crippen LogP contribution in [0.3, 0.4) is 0 Å². The molecule has 1 aromatic carbocycles. The number of unbranched alkanes of at least 4 members (excludes halogenated alkanes) is 1. The molecule has 3 N–H and O–H groups in total. The third kappa shape index (κ3) is 7.11. The summed E-state index contributed by atoms with van der Waals surface area (Å²) >= 11 is 6.07. The first-order valence-corrected chi connectivity index (χ1v) is 10.8. The van der Waals surface area contributed by atoms with Crippen molar-refractivity contribution >= 4 is 23.3 Å². The van der Waals surface area contributed by atoms with Crippen LogP contribution in [0.4, 0.5) is 0 Å². The third-order valence-corrected chi connectivity index (χ3v) is 5.26. The van der Waals surface area contributed by atoms with Gasteiger partial charge in [0.05, 0.1) is 19.3 Å². The van der Waals surface area contributed by atoms with Gasteiger partial charge in [-0.2, -0.15) is 0 Å². The Kier molecular flexibility index (Phi) is 8.54. The van der Waals surface area contributed by atoms with Gasteiger partial charge in [-0.25, -0.2) is 4.98 Å². The van der Waals surface area contributed by atoms with Gasteiger partial charge in [0.15, 0.2) is 12.1 Å².